The number of nitrogens with one attached hydrogen (secondary N) is 2. The Balaban J connectivity index is 1.27. The number of sulfone groups is 1. The van der Waals surface area contributed by atoms with Crippen LogP contribution in [0.5, 0.6) is 0 Å². The minimum atomic E-state index is -3.63. The Labute approximate surface area is 355 Å². The Morgan fingerprint density at radius 1 is 0.917 bits per heavy atom. The molecule has 0 spiro atoms. The summed E-state index contributed by atoms with van der Waals surface area (Å²) in [5.74, 6) is -3.81. The van der Waals surface area contributed by atoms with E-state index in [2.05, 4.69) is 10.6 Å². The van der Waals surface area contributed by atoms with Gasteiger partial charge in [0.15, 0.2) is 15.6 Å². The van der Waals surface area contributed by atoms with E-state index in [0.717, 1.165) is 68.9 Å². The van der Waals surface area contributed by atoms with Crippen LogP contribution in [0.25, 0.3) is 0 Å². The number of benzene rings is 1. The summed E-state index contributed by atoms with van der Waals surface area (Å²) >= 11 is 0. The second-order valence-corrected chi connectivity index (χ2v) is 22.5. The molecule has 3 saturated carbocycles. The molecular formula is C45H67N5O9S. The van der Waals surface area contributed by atoms with Crippen LogP contribution >= 0.6 is 0 Å². The zero-order chi connectivity index (χ0) is 43.5. The quantitative estimate of drug-likeness (QED) is 0.201. The molecule has 0 bridgehead atoms. The summed E-state index contributed by atoms with van der Waals surface area (Å²) in [6.45, 7) is 7.63. The third-order valence-corrected chi connectivity index (χ3v) is 17.1. The van der Waals surface area contributed by atoms with Crippen molar-refractivity contribution in [2.75, 3.05) is 18.8 Å². The fraction of sp³-hybridized carbons (Fsp3) is 0.733. The lowest BCUT2D eigenvalue weighted by molar-refractivity contribution is -0.144. The number of nitrogens with two attached hydrogens (primary N) is 1. The molecule has 4 atom stereocenters. The summed E-state index contributed by atoms with van der Waals surface area (Å²) in [5, 5.41) is 6.07. The van der Waals surface area contributed by atoms with Crippen LogP contribution in [0.4, 0.5) is 9.59 Å². The zero-order valence-electron chi connectivity index (χ0n) is 36.1. The van der Waals surface area contributed by atoms with Crippen molar-refractivity contribution in [3.8, 4) is 0 Å². The van der Waals surface area contributed by atoms with Crippen molar-refractivity contribution in [2.45, 2.75) is 172 Å². The van der Waals surface area contributed by atoms with Gasteiger partial charge in [-0.15, -0.1) is 0 Å². The van der Waals surface area contributed by atoms with Gasteiger partial charge in [-0.05, 0) is 81.8 Å². The summed E-state index contributed by atoms with van der Waals surface area (Å²) in [6.07, 6.45) is 9.36. The van der Waals surface area contributed by atoms with Crippen LogP contribution in [0.2, 0.25) is 0 Å². The third-order valence-electron chi connectivity index (χ3n) is 14.3. The van der Waals surface area contributed by atoms with Gasteiger partial charge in [0.05, 0.1) is 28.6 Å². The predicted octanol–water partition coefficient (Wildman–Crippen LogP) is 5.53. The minimum absolute atomic E-state index is 0.00887. The number of nitrogens with zero attached hydrogens (tertiary/aromatic N) is 2. The maximum absolute atomic E-state index is 15.2. The molecule has 60 heavy (non-hydrogen) atoms. The summed E-state index contributed by atoms with van der Waals surface area (Å²) in [5.41, 5.74) is 5.92. The fourth-order valence-electron chi connectivity index (χ4n) is 10.2. The lowest BCUT2D eigenvalue weighted by Crippen LogP contribution is -2.64. The Bertz CT molecular complexity index is 1900. The number of hydrogen-bond donors (Lipinski definition) is 3. The normalized spacial score (nSPS) is 23.9. The van der Waals surface area contributed by atoms with Gasteiger partial charge in [0.25, 0.3) is 5.91 Å². The molecule has 1 aromatic rings. The van der Waals surface area contributed by atoms with Crippen LogP contribution < -0.4 is 16.4 Å². The van der Waals surface area contributed by atoms with E-state index >= 15 is 4.79 Å². The standard InChI is InChI=1S/C45H67N5O9S/c1-43(2,3)60(57,58)29-45(21-11-6-12-22-45)48-41(55)47-38(44(4)19-9-5-10-20-44)40(54)50-28-34(59-42(56)49-23-18-31-16-7-8-17-32(31)27-49)26-35(50)36(51)25-33(37(52)39(46)53)24-30-14-13-15-30/h7-8,16-17,30,33-35,38H,5-6,9-15,18-29H2,1-4H3,(H2,46,53)(H2,47,48,55)/t33?,34-,35+,38-/m1/s1. The molecule has 15 heteroatoms. The Kier molecular flexibility index (Phi) is 14.1. The molecule has 5 amide bonds. The third kappa shape index (κ3) is 10.5. The highest BCUT2D eigenvalue weighted by Gasteiger charge is 2.50. The number of ether oxygens (including phenoxy) is 1. The molecule has 2 heterocycles. The number of primary amides is 1. The van der Waals surface area contributed by atoms with Crippen LogP contribution in [0.3, 0.4) is 0 Å². The number of likely N-dealkylation sites (tertiary alicyclic amines) is 1. The van der Waals surface area contributed by atoms with Crippen LogP contribution in [-0.2, 0) is 46.7 Å². The van der Waals surface area contributed by atoms with Crippen molar-refractivity contribution in [1.29, 1.82) is 0 Å². The Morgan fingerprint density at radius 3 is 2.15 bits per heavy atom. The molecule has 1 saturated heterocycles. The van der Waals surface area contributed by atoms with Gasteiger partial charge in [-0.3, -0.25) is 19.2 Å². The van der Waals surface area contributed by atoms with Gasteiger partial charge in [0.1, 0.15) is 12.1 Å². The van der Waals surface area contributed by atoms with Crippen molar-refractivity contribution >= 4 is 45.3 Å². The van der Waals surface area contributed by atoms with Crippen molar-refractivity contribution in [3.63, 3.8) is 0 Å². The predicted molar refractivity (Wildman–Crippen MR) is 226 cm³/mol. The molecule has 6 rings (SSSR count). The number of carbonyl (C=O) groups excluding carboxylic acids is 6. The average molecular weight is 854 g/mol. The second kappa shape index (κ2) is 18.5. The number of urea groups is 1. The maximum atomic E-state index is 15.2. The molecule has 0 radical (unpaired) electrons. The number of ketones is 2. The summed E-state index contributed by atoms with van der Waals surface area (Å²) in [4.78, 5) is 85.9. The first-order valence-corrected chi connectivity index (χ1v) is 24.0. The monoisotopic (exact) mass is 853 g/mol. The molecule has 14 nitrogen and oxygen atoms in total. The van der Waals surface area contributed by atoms with Crippen LogP contribution in [0.1, 0.15) is 142 Å². The van der Waals surface area contributed by atoms with Gasteiger partial charge >= 0.3 is 12.1 Å². The lowest BCUT2D eigenvalue weighted by Gasteiger charge is -2.44. The van der Waals surface area contributed by atoms with Gasteiger partial charge in [0, 0.05) is 31.8 Å². The molecule has 4 fully saturated rings. The number of fused-ring (bicyclic) bond motifs is 1. The molecule has 2 aliphatic heterocycles. The first-order valence-electron chi connectivity index (χ1n) is 22.3. The number of Topliss-reactive ketones (excluding diaryl/α,β-unsaturated/α-hetero) is 2. The highest BCUT2D eigenvalue weighted by Crippen LogP contribution is 2.41. The first-order chi connectivity index (χ1) is 28.3. The van der Waals surface area contributed by atoms with Crippen LogP contribution in [-0.4, -0.2) is 101 Å². The Hall–Kier alpha value is -4.01. The molecule has 5 aliphatic rings. The molecule has 4 N–H and O–H groups in total. The lowest BCUT2D eigenvalue weighted by atomic mass is 9.70. The van der Waals surface area contributed by atoms with Gasteiger partial charge in [-0.1, -0.05) is 89.0 Å². The molecule has 3 aliphatic carbocycles. The highest BCUT2D eigenvalue weighted by atomic mass is 32.2. The SMILES string of the molecule is CC1([C@H](NC(=O)NC2(CS(=O)(=O)C(C)(C)C)CCCCC2)C(=O)N2C[C@H](OC(=O)N3CCc4ccccc4C3)C[C@H]2C(=O)CC(CC2CCC2)C(=O)C(N)=O)CCCCC1. The van der Waals surface area contributed by atoms with Crippen molar-refractivity contribution in [2.24, 2.45) is 23.0 Å². The molecular weight excluding hydrogens is 787 g/mol. The van der Waals surface area contributed by atoms with E-state index < -0.39 is 85.1 Å². The minimum Gasteiger partial charge on any atom is -0.444 e. The van der Waals surface area contributed by atoms with Crippen LogP contribution in [0, 0.1) is 17.3 Å². The largest absolute Gasteiger partial charge is 0.444 e. The first kappa shape index (κ1) is 45.5. The highest BCUT2D eigenvalue weighted by molar-refractivity contribution is 7.92. The number of carbonyl (C=O) groups is 6. The van der Waals surface area contributed by atoms with E-state index in [1.807, 2.05) is 31.2 Å². The molecule has 1 unspecified atom stereocenters. The summed E-state index contributed by atoms with van der Waals surface area (Å²) in [6, 6.07) is 5.06. The van der Waals surface area contributed by atoms with E-state index in [1.165, 1.54) is 4.90 Å². The smallest absolute Gasteiger partial charge is 0.410 e. The van der Waals surface area contributed by atoms with Crippen molar-refractivity contribution < 1.29 is 41.9 Å². The van der Waals surface area contributed by atoms with E-state index in [0.29, 0.717) is 51.6 Å². The van der Waals surface area contributed by atoms with E-state index in [-0.39, 0.29) is 31.1 Å². The van der Waals surface area contributed by atoms with Crippen molar-refractivity contribution in [1.82, 2.24) is 20.4 Å². The molecule has 0 aromatic heterocycles. The number of rotatable bonds is 14. The van der Waals surface area contributed by atoms with E-state index in [1.54, 1.807) is 25.7 Å². The fourth-order valence-corrected chi connectivity index (χ4v) is 11.7. The van der Waals surface area contributed by atoms with Gasteiger partial charge in [-0.2, -0.15) is 0 Å². The Morgan fingerprint density at radius 2 is 1.55 bits per heavy atom. The average Bonchev–Trinajstić information content (AvgIpc) is 3.60. The zero-order valence-corrected chi connectivity index (χ0v) is 36.9. The van der Waals surface area contributed by atoms with Crippen LogP contribution in [0.15, 0.2) is 24.3 Å². The topological polar surface area (TPSA) is 202 Å². The summed E-state index contributed by atoms with van der Waals surface area (Å²) < 4.78 is 32.2. The van der Waals surface area contributed by atoms with E-state index in [4.69, 9.17) is 10.5 Å². The van der Waals surface area contributed by atoms with Gasteiger partial charge in [0.2, 0.25) is 11.7 Å². The van der Waals surface area contributed by atoms with Gasteiger partial charge < -0.3 is 30.9 Å². The number of amides is 5. The molecule has 332 valence electrons. The van der Waals surface area contributed by atoms with E-state index in [9.17, 15) is 32.4 Å². The van der Waals surface area contributed by atoms with Crippen molar-refractivity contribution in [3.05, 3.63) is 35.4 Å². The molecule has 1 aromatic carbocycles. The number of hydrogen-bond acceptors (Lipinski definition) is 9. The summed E-state index contributed by atoms with van der Waals surface area (Å²) in [7, 11) is -3.63. The van der Waals surface area contributed by atoms with Gasteiger partial charge in [-0.25, -0.2) is 18.0 Å². The second-order valence-electron chi connectivity index (χ2n) is 19.8. The maximum Gasteiger partial charge on any atom is 0.410 e.